The van der Waals surface area contributed by atoms with Gasteiger partial charge in [-0.1, -0.05) is 12.1 Å². The highest BCUT2D eigenvalue weighted by molar-refractivity contribution is 5.86. The minimum absolute atomic E-state index is 0. The lowest BCUT2D eigenvalue weighted by Crippen LogP contribution is -2.44. The van der Waals surface area contributed by atoms with Gasteiger partial charge in [0.2, 0.25) is 0 Å². The molecule has 6 rings (SSSR count). The van der Waals surface area contributed by atoms with Gasteiger partial charge in [0.05, 0.1) is 5.69 Å². The van der Waals surface area contributed by atoms with Crippen molar-refractivity contribution < 1.29 is 4.39 Å². The number of aromatic nitrogens is 2. The minimum atomic E-state index is -0.208. The molecule has 3 aromatic carbocycles. The SMILES string of the molecule is Cc1cc(-c2cncc(CN(c3ccc(F)cc3)C3CCN(Cc4ccnc(-c5cc(C)c(C)c(C)c5)c4)CC3)c2)cc(C)c1C.Cl.Cl.Cl. The zero-order chi connectivity index (χ0) is 32.4. The lowest BCUT2D eigenvalue weighted by atomic mass is 9.96. The Balaban J connectivity index is 0.00000217. The van der Waals surface area contributed by atoms with Crippen LogP contribution in [0.25, 0.3) is 22.4 Å². The summed E-state index contributed by atoms with van der Waals surface area (Å²) in [4.78, 5) is 14.4. The smallest absolute Gasteiger partial charge is 0.123 e. The van der Waals surface area contributed by atoms with Crippen LogP contribution in [0.4, 0.5) is 10.1 Å². The van der Waals surface area contributed by atoms with Crippen LogP contribution in [0, 0.1) is 47.4 Å². The Morgan fingerprint density at radius 3 is 1.84 bits per heavy atom. The number of benzene rings is 3. The molecule has 0 atom stereocenters. The number of anilines is 1. The Bertz CT molecular complexity index is 1810. The first-order valence-electron chi connectivity index (χ1n) is 16.4. The molecule has 4 nitrogen and oxygen atoms in total. The topological polar surface area (TPSA) is 32.3 Å². The molecule has 49 heavy (non-hydrogen) atoms. The van der Waals surface area contributed by atoms with Gasteiger partial charge in [-0.15, -0.1) is 37.2 Å². The third-order valence-electron chi connectivity index (χ3n) is 10.0. The van der Waals surface area contributed by atoms with Crippen molar-refractivity contribution in [3.63, 3.8) is 0 Å². The van der Waals surface area contributed by atoms with Crippen LogP contribution < -0.4 is 4.90 Å². The van der Waals surface area contributed by atoms with Gasteiger partial charge in [0.25, 0.3) is 0 Å². The van der Waals surface area contributed by atoms with Crippen LogP contribution in [-0.2, 0) is 13.1 Å². The predicted octanol–water partition coefficient (Wildman–Crippen LogP) is 10.7. The maximum absolute atomic E-state index is 14.0. The number of nitrogens with zero attached hydrogens (tertiary/aromatic N) is 4. The Kier molecular flexibility index (Phi) is 14.2. The van der Waals surface area contributed by atoms with Crippen molar-refractivity contribution in [3.05, 3.63) is 136 Å². The van der Waals surface area contributed by atoms with E-state index in [9.17, 15) is 4.39 Å². The van der Waals surface area contributed by atoms with Gasteiger partial charge in [-0.25, -0.2) is 4.39 Å². The Hall–Kier alpha value is -3.48. The van der Waals surface area contributed by atoms with E-state index in [4.69, 9.17) is 4.98 Å². The number of pyridine rings is 2. The van der Waals surface area contributed by atoms with Crippen molar-refractivity contribution in [1.82, 2.24) is 14.9 Å². The van der Waals surface area contributed by atoms with Gasteiger partial charge in [-0.2, -0.15) is 0 Å². The molecule has 8 heteroatoms. The van der Waals surface area contributed by atoms with Gasteiger partial charge in [-0.05, 0) is 159 Å². The van der Waals surface area contributed by atoms with Crippen LogP contribution in [0.2, 0.25) is 0 Å². The number of piperidine rings is 1. The van der Waals surface area contributed by atoms with Crippen LogP contribution in [0.5, 0.6) is 0 Å². The molecule has 1 fully saturated rings. The maximum Gasteiger partial charge on any atom is 0.123 e. The van der Waals surface area contributed by atoms with E-state index in [0.717, 1.165) is 61.5 Å². The number of rotatable bonds is 8. The number of likely N-dealkylation sites (tertiary alicyclic amines) is 1. The van der Waals surface area contributed by atoms with Gasteiger partial charge in [0.1, 0.15) is 5.82 Å². The van der Waals surface area contributed by atoms with Gasteiger partial charge < -0.3 is 4.90 Å². The molecule has 0 bridgehead atoms. The van der Waals surface area contributed by atoms with Gasteiger partial charge >= 0.3 is 0 Å². The quantitative estimate of drug-likeness (QED) is 0.160. The Morgan fingerprint density at radius 2 is 1.24 bits per heavy atom. The van der Waals surface area contributed by atoms with Crippen LogP contribution in [0.3, 0.4) is 0 Å². The van der Waals surface area contributed by atoms with Gasteiger partial charge in [0, 0.05) is 67.6 Å². The van der Waals surface area contributed by atoms with Crippen molar-refractivity contribution in [3.8, 4) is 22.4 Å². The van der Waals surface area contributed by atoms with Crippen LogP contribution in [0.1, 0.15) is 57.3 Å². The fourth-order valence-electron chi connectivity index (χ4n) is 6.76. The molecule has 260 valence electrons. The summed E-state index contributed by atoms with van der Waals surface area (Å²) in [6, 6.07) is 23.0. The molecule has 0 aliphatic carbocycles. The van der Waals surface area contributed by atoms with E-state index in [1.807, 2.05) is 30.7 Å². The third-order valence-corrected chi connectivity index (χ3v) is 10.0. The zero-order valence-electron chi connectivity index (χ0n) is 29.3. The van der Waals surface area contributed by atoms with E-state index in [2.05, 4.69) is 98.8 Å². The van der Waals surface area contributed by atoms with Crippen LogP contribution >= 0.6 is 37.2 Å². The van der Waals surface area contributed by atoms with E-state index in [0.29, 0.717) is 6.04 Å². The first-order valence-corrected chi connectivity index (χ1v) is 16.4. The van der Waals surface area contributed by atoms with Gasteiger partial charge in [-0.3, -0.25) is 14.9 Å². The minimum Gasteiger partial charge on any atom is -0.364 e. The highest BCUT2D eigenvalue weighted by atomic mass is 35.5. The number of hydrogen-bond donors (Lipinski definition) is 0. The average molecular weight is 722 g/mol. The molecule has 5 aromatic rings. The fraction of sp³-hybridized carbons (Fsp3) is 0.317. The Morgan fingerprint density at radius 1 is 0.673 bits per heavy atom. The lowest BCUT2D eigenvalue weighted by molar-refractivity contribution is 0.201. The maximum atomic E-state index is 14.0. The highest BCUT2D eigenvalue weighted by Crippen LogP contribution is 2.30. The second kappa shape index (κ2) is 17.4. The first-order chi connectivity index (χ1) is 22.1. The van der Waals surface area contributed by atoms with E-state index in [-0.39, 0.29) is 43.0 Å². The summed E-state index contributed by atoms with van der Waals surface area (Å²) in [7, 11) is 0. The Labute approximate surface area is 310 Å². The number of hydrogen-bond acceptors (Lipinski definition) is 4. The summed E-state index contributed by atoms with van der Waals surface area (Å²) < 4.78 is 14.0. The van der Waals surface area contributed by atoms with Crippen LogP contribution in [0.15, 0.2) is 85.3 Å². The molecule has 0 spiro atoms. The van der Waals surface area contributed by atoms with Crippen molar-refractivity contribution >= 4 is 42.9 Å². The lowest BCUT2D eigenvalue weighted by Gasteiger charge is -2.40. The normalized spacial score (nSPS) is 13.2. The summed E-state index contributed by atoms with van der Waals surface area (Å²) in [6.45, 7) is 16.7. The monoisotopic (exact) mass is 720 g/mol. The molecule has 0 saturated carbocycles. The molecule has 0 unspecified atom stereocenters. The molecule has 0 amide bonds. The fourth-order valence-corrected chi connectivity index (χ4v) is 6.76. The number of halogens is 4. The molecule has 2 aromatic heterocycles. The summed E-state index contributed by atoms with van der Waals surface area (Å²) in [5.74, 6) is -0.208. The van der Waals surface area contributed by atoms with Crippen molar-refractivity contribution in [2.75, 3.05) is 18.0 Å². The molecular formula is C41H48Cl3FN4. The molecule has 3 heterocycles. The standard InChI is InChI=1S/C41H45FN4.3ClH/c1-27-17-35(18-28(2)31(27)5)37-21-34(23-43-24-37)26-46(39-9-7-38(42)8-10-39)40-12-15-45(16-13-40)25-33-11-14-44-41(22-33)36-19-29(3)32(6)30(4)20-36;;;/h7-11,14,17-24,40H,12-13,15-16,25-26H2,1-6H3;3*1H. The summed E-state index contributed by atoms with van der Waals surface area (Å²) in [6.07, 6.45) is 7.95. The molecule has 0 radical (unpaired) electrons. The molecule has 1 aliphatic heterocycles. The number of aryl methyl sites for hydroxylation is 4. The van der Waals surface area contributed by atoms with Crippen molar-refractivity contribution in [1.29, 1.82) is 0 Å². The van der Waals surface area contributed by atoms with E-state index in [1.54, 1.807) is 12.1 Å². The average Bonchev–Trinajstić information content (AvgIpc) is 3.06. The summed E-state index contributed by atoms with van der Waals surface area (Å²) in [5, 5.41) is 0. The van der Waals surface area contributed by atoms with E-state index in [1.165, 1.54) is 50.1 Å². The molecule has 0 N–H and O–H groups in total. The molecular weight excluding hydrogens is 674 g/mol. The van der Waals surface area contributed by atoms with E-state index < -0.39 is 0 Å². The molecule has 1 saturated heterocycles. The summed E-state index contributed by atoms with van der Waals surface area (Å²) in [5.41, 5.74) is 15.9. The predicted molar refractivity (Wildman–Crippen MR) is 210 cm³/mol. The van der Waals surface area contributed by atoms with Crippen LogP contribution in [-0.4, -0.2) is 34.0 Å². The molecule has 1 aliphatic rings. The third kappa shape index (κ3) is 9.40. The largest absolute Gasteiger partial charge is 0.364 e. The summed E-state index contributed by atoms with van der Waals surface area (Å²) >= 11 is 0. The van der Waals surface area contributed by atoms with Crippen molar-refractivity contribution in [2.45, 2.75) is 73.5 Å². The second-order valence-corrected chi connectivity index (χ2v) is 13.2. The highest BCUT2D eigenvalue weighted by Gasteiger charge is 2.26. The van der Waals surface area contributed by atoms with E-state index >= 15 is 0 Å². The second-order valence-electron chi connectivity index (χ2n) is 13.2. The zero-order valence-corrected chi connectivity index (χ0v) is 31.7. The van der Waals surface area contributed by atoms with Gasteiger partial charge in [0.15, 0.2) is 0 Å². The first kappa shape index (κ1) is 40.0. The van der Waals surface area contributed by atoms with Crippen molar-refractivity contribution in [2.24, 2.45) is 0 Å².